The quantitative estimate of drug-likeness (QED) is 0.401. The molecule has 102 valence electrons. The third-order valence-electron chi connectivity index (χ3n) is 3.13. The van der Waals surface area contributed by atoms with Crippen molar-refractivity contribution in [3.63, 3.8) is 0 Å². The van der Waals surface area contributed by atoms with Gasteiger partial charge in [0.1, 0.15) is 22.8 Å². The van der Waals surface area contributed by atoms with Crippen molar-refractivity contribution in [2.24, 2.45) is 0 Å². The van der Waals surface area contributed by atoms with Crippen LogP contribution in [0.5, 0.6) is 0 Å². The first-order valence-corrected chi connectivity index (χ1v) is 6.42. The SMILES string of the molecule is C[C@H]1OC(n2cnc3c(S)nc(Cl)nc32)[C@H](O)[C@@H]1O. The van der Waals surface area contributed by atoms with Gasteiger partial charge in [-0.25, -0.2) is 9.97 Å². The second kappa shape index (κ2) is 4.57. The Balaban J connectivity index is 2.11. The molecule has 1 aliphatic rings. The maximum atomic E-state index is 9.98. The Hall–Kier alpha value is -0.930. The standard InChI is InChI=1S/C10H11ClN4O3S/c1-3-5(16)6(17)9(18-3)15-2-12-4-7(15)13-10(11)14-8(4)19/h2-3,5-6,9,16-17H,1H3,(H,13,14,19)/t3-,5-,6-,9?/m1/s1. The minimum Gasteiger partial charge on any atom is -0.388 e. The number of nitrogens with zero attached hydrogens (tertiary/aromatic N) is 4. The van der Waals surface area contributed by atoms with E-state index >= 15 is 0 Å². The zero-order chi connectivity index (χ0) is 13.7. The molecule has 2 N–H and O–H groups in total. The van der Waals surface area contributed by atoms with Gasteiger partial charge in [0.05, 0.1) is 12.4 Å². The van der Waals surface area contributed by atoms with E-state index in [9.17, 15) is 10.2 Å². The first-order valence-electron chi connectivity index (χ1n) is 5.59. The number of imidazole rings is 1. The molecule has 1 aliphatic heterocycles. The van der Waals surface area contributed by atoms with Gasteiger partial charge in [-0.3, -0.25) is 4.57 Å². The lowest BCUT2D eigenvalue weighted by molar-refractivity contribution is -0.0299. The van der Waals surface area contributed by atoms with Crippen molar-refractivity contribution >= 4 is 35.4 Å². The molecule has 4 atom stereocenters. The highest BCUT2D eigenvalue weighted by molar-refractivity contribution is 7.80. The minimum atomic E-state index is -1.07. The number of rotatable bonds is 1. The van der Waals surface area contributed by atoms with Crippen molar-refractivity contribution < 1.29 is 14.9 Å². The summed E-state index contributed by atoms with van der Waals surface area (Å²) >= 11 is 9.96. The lowest BCUT2D eigenvalue weighted by atomic mass is 10.1. The summed E-state index contributed by atoms with van der Waals surface area (Å²) in [4.78, 5) is 12.1. The highest BCUT2D eigenvalue weighted by atomic mass is 35.5. The number of aliphatic hydroxyl groups is 2. The summed E-state index contributed by atoms with van der Waals surface area (Å²) in [5.41, 5.74) is 0.855. The number of thiol groups is 1. The second-order valence-corrected chi connectivity index (χ2v) is 5.11. The molecule has 0 amide bonds. The van der Waals surface area contributed by atoms with E-state index in [1.807, 2.05) is 0 Å². The van der Waals surface area contributed by atoms with Crippen LogP contribution in [-0.2, 0) is 4.74 Å². The third-order valence-corrected chi connectivity index (χ3v) is 3.61. The summed E-state index contributed by atoms with van der Waals surface area (Å²) < 4.78 is 7.03. The summed E-state index contributed by atoms with van der Waals surface area (Å²) in [5.74, 6) is 0. The highest BCUT2D eigenvalue weighted by Gasteiger charge is 2.42. The molecular weight excluding hydrogens is 292 g/mol. The van der Waals surface area contributed by atoms with Gasteiger partial charge in [0.2, 0.25) is 5.28 Å². The Bertz CT molecular complexity index is 637. The van der Waals surface area contributed by atoms with Crippen LogP contribution >= 0.6 is 24.2 Å². The van der Waals surface area contributed by atoms with Gasteiger partial charge in [-0.15, -0.1) is 12.6 Å². The Kier molecular flexibility index (Phi) is 3.14. The molecule has 0 radical (unpaired) electrons. The maximum Gasteiger partial charge on any atom is 0.225 e. The van der Waals surface area contributed by atoms with E-state index in [-0.39, 0.29) is 5.28 Å². The highest BCUT2D eigenvalue weighted by Crippen LogP contribution is 2.32. The number of fused-ring (bicyclic) bond motifs is 1. The summed E-state index contributed by atoms with van der Waals surface area (Å²) in [7, 11) is 0. The largest absolute Gasteiger partial charge is 0.388 e. The molecule has 1 saturated heterocycles. The van der Waals surface area contributed by atoms with E-state index in [2.05, 4.69) is 27.6 Å². The molecule has 9 heteroatoms. The Labute approximate surface area is 118 Å². The molecule has 2 aromatic rings. The summed E-state index contributed by atoms with van der Waals surface area (Å²) in [5, 5.41) is 20.1. The fraction of sp³-hybridized carbons (Fsp3) is 0.500. The van der Waals surface area contributed by atoms with Crippen molar-refractivity contribution in [2.45, 2.75) is 36.5 Å². The normalized spacial score (nSPS) is 31.2. The molecule has 1 fully saturated rings. The van der Waals surface area contributed by atoms with Crippen molar-refractivity contribution in [1.82, 2.24) is 19.5 Å². The molecule has 3 heterocycles. The van der Waals surface area contributed by atoms with Crippen LogP contribution in [-0.4, -0.2) is 48.0 Å². The fourth-order valence-corrected chi connectivity index (χ4v) is 2.60. The number of aromatic nitrogens is 4. The van der Waals surface area contributed by atoms with Gasteiger partial charge in [0.25, 0.3) is 0 Å². The average Bonchev–Trinajstić information content (AvgIpc) is 2.86. The van der Waals surface area contributed by atoms with E-state index in [4.69, 9.17) is 16.3 Å². The van der Waals surface area contributed by atoms with Crippen molar-refractivity contribution in [1.29, 1.82) is 0 Å². The van der Waals surface area contributed by atoms with E-state index in [0.29, 0.717) is 16.2 Å². The smallest absolute Gasteiger partial charge is 0.225 e. The first kappa shape index (κ1) is 13.1. The Morgan fingerprint density at radius 2 is 2.11 bits per heavy atom. The molecule has 19 heavy (non-hydrogen) atoms. The molecule has 3 rings (SSSR count). The fourth-order valence-electron chi connectivity index (χ4n) is 2.12. The second-order valence-electron chi connectivity index (χ2n) is 4.35. The van der Waals surface area contributed by atoms with Gasteiger partial charge < -0.3 is 14.9 Å². The van der Waals surface area contributed by atoms with Crippen LogP contribution in [0.25, 0.3) is 11.2 Å². The lowest BCUT2D eigenvalue weighted by Crippen LogP contribution is -2.30. The van der Waals surface area contributed by atoms with Gasteiger partial charge in [0.15, 0.2) is 11.9 Å². The van der Waals surface area contributed by atoms with Gasteiger partial charge in [-0.1, -0.05) is 0 Å². The average molecular weight is 303 g/mol. The third kappa shape index (κ3) is 2.00. The summed E-state index contributed by atoms with van der Waals surface area (Å²) in [6, 6.07) is 0. The van der Waals surface area contributed by atoms with Crippen LogP contribution in [0.15, 0.2) is 11.4 Å². The lowest BCUT2D eigenvalue weighted by Gasteiger charge is -2.16. The molecule has 7 nitrogen and oxygen atoms in total. The van der Waals surface area contributed by atoms with E-state index in [1.54, 1.807) is 6.92 Å². The predicted molar refractivity (Wildman–Crippen MR) is 69.2 cm³/mol. The van der Waals surface area contributed by atoms with Crippen molar-refractivity contribution in [2.75, 3.05) is 0 Å². The minimum absolute atomic E-state index is 0.0281. The number of ether oxygens (including phenoxy) is 1. The topological polar surface area (TPSA) is 93.3 Å². The van der Waals surface area contributed by atoms with E-state index in [1.165, 1.54) is 10.9 Å². The van der Waals surface area contributed by atoms with Gasteiger partial charge in [-0.2, -0.15) is 4.98 Å². The number of halogens is 1. The molecule has 2 aromatic heterocycles. The van der Waals surface area contributed by atoms with Gasteiger partial charge in [0, 0.05) is 0 Å². The number of hydrogen-bond acceptors (Lipinski definition) is 7. The monoisotopic (exact) mass is 302 g/mol. The first-order chi connectivity index (χ1) is 8.99. The molecule has 0 bridgehead atoms. The molecule has 0 spiro atoms. The van der Waals surface area contributed by atoms with Crippen LogP contribution < -0.4 is 0 Å². The van der Waals surface area contributed by atoms with Gasteiger partial charge in [-0.05, 0) is 18.5 Å². The van der Waals surface area contributed by atoms with Gasteiger partial charge >= 0.3 is 0 Å². The summed E-state index contributed by atoms with van der Waals surface area (Å²) in [6.45, 7) is 1.68. The van der Waals surface area contributed by atoms with Crippen LogP contribution in [0.3, 0.4) is 0 Å². The number of aliphatic hydroxyl groups excluding tert-OH is 2. The number of hydrogen-bond donors (Lipinski definition) is 3. The zero-order valence-electron chi connectivity index (χ0n) is 9.80. The van der Waals surface area contributed by atoms with E-state index < -0.39 is 24.5 Å². The van der Waals surface area contributed by atoms with Crippen LogP contribution in [0.4, 0.5) is 0 Å². The van der Waals surface area contributed by atoms with Crippen LogP contribution in [0, 0.1) is 0 Å². The molecule has 0 saturated carbocycles. The molecule has 1 unspecified atom stereocenters. The maximum absolute atomic E-state index is 9.98. The Morgan fingerprint density at radius 1 is 1.37 bits per heavy atom. The van der Waals surface area contributed by atoms with Crippen molar-refractivity contribution in [3.8, 4) is 0 Å². The van der Waals surface area contributed by atoms with E-state index in [0.717, 1.165) is 0 Å². The predicted octanol–water partition coefficient (Wildman–Crippen LogP) is 0.407. The zero-order valence-corrected chi connectivity index (χ0v) is 11.5. The molecule has 0 aromatic carbocycles. The van der Waals surface area contributed by atoms with Crippen molar-refractivity contribution in [3.05, 3.63) is 11.6 Å². The molecule has 0 aliphatic carbocycles. The summed E-state index contributed by atoms with van der Waals surface area (Å²) in [6.07, 6.45) is -1.83. The molecular formula is C10H11ClN4O3S. The Morgan fingerprint density at radius 3 is 2.74 bits per heavy atom. The van der Waals surface area contributed by atoms with Crippen LogP contribution in [0.2, 0.25) is 5.28 Å². The van der Waals surface area contributed by atoms with Crippen LogP contribution in [0.1, 0.15) is 13.2 Å².